The van der Waals surface area contributed by atoms with Crippen LogP contribution in [-0.2, 0) is 11.2 Å². The highest BCUT2D eigenvalue weighted by molar-refractivity contribution is 6.31. The molecule has 0 aliphatic heterocycles. The molecule has 0 saturated heterocycles. The van der Waals surface area contributed by atoms with Gasteiger partial charge < -0.3 is 5.32 Å². The average Bonchev–Trinajstić information content (AvgIpc) is 2.99. The van der Waals surface area contributed by atoms with Crippen LogP contribution in [0.25, 0.3) is 5.69 Å². The van der Waals surface area contributed by atoms with Crippen molar-refractivity contribution in [1.29, 1.82) is 5.26 Å². The van der Waals surface area contributed by atoms with E-state index in [4.69, 9.17) is 16.9 Å². The Balaban J connectivity index is 1.62. The molecular weight excluding hydrogens is 360 g/mol. The number of aromatic nitrogens is 2. The van der Waals surface area contributed by atoms with Crippen LogP contribution >= 0.6 is 11.6 Å². The third kappa shape index (κ3) is 4.55. The van der Waals surface area contributed by atoms with Gasteiger partial charge in [-0.05, 0) is 62.2 Å². The maximum Gasteiger partial charge on any atom is 0.224 e. The number of aryl methyl sites for hydroxylation is 3. The van der Waals surface area contributed by atoms with Crippen molar-refractivity contribution in [2.45, 2.75) is 26.7 Å². The zero-order valence-electron chi connectivity index (χ0n) is 15.2. The summed E-state index contributed by atoms with van der Waals surface area (Å²) in [6, 6.07) is 16.9. The lowest BCUT2D eigenvalue weighted by atomic mass is 10.1. The number of nitriles is 1. The smallest absolute Gasteiger partial charge is 0.224 e. The van der Waals surface area contributed by atoms with Gasteiger partial charge in [-0.1, -0.05) is 23.7 Å². The number of hydrogen-bond acceptors (Lipinski definition) is 3. The lowest BCUT2D eigenvalue weighted by Gasteiger charge is -2.08. The van der Waals surface area contributed by atoms with Crippen LogP contribution in [0.4, 0.5) is 5.69 Å². The van der Waals surface area contributed by atoms with Gasteiger partial charge in [-0.2, -0.15) is 10.4 Å². The number of hydrogen-bond donors (Lipinski definition) is 1. The van der Waals surface area contributed by atoms with Crippen molar-refractivity contribution in [1.82, 2.24) is 9.78 Å². The first-order valence-electron chi connectivity index (χ1n) is 8.58. The average molecular weight is 379 g/mol. The number of carbonyl (C=O) groups is 1. The SMILES string of the molecule is Cc1cc(C)n(-c2ccc(CCC(=O)Nc3cc(Cl)ccc3C#N)cc2)n1. The molecule has 0 saturated carbocycles. The summed E-state index contributed by atoms with van der Waals surface area (Å²) < 4.78 is 1.90. The lowest BCUT2D eigenvalue weighted by molar-refractivity contribution is -0.116. The highest BCUT2D eigenvalue weighted by atomic mass is 35.5. The number of halogens is 1. The van der Waals surface area contributed by atoms with Crippen LogP contribution in [0.3, 0.4) is 0 Å². The molecule has 0 bridgehead atoms. The molecule has 3 aromatic rings. The van der Waals surface area contributed by atoms with E-state index in [1.807, 2.05) is 54.9 Å². The van der Waals surface area contributed by atoms with Gasteiger partial charge >= 0.3 is 0 Å². The van der Waals surface area contributed by atoms with Crippen LogP contribution in [0.2, 0.25) is 5.02 Å². The van der Waals surface area contributed by atoms with Crippen molar-refractivity contribution < 1.29 is 4.79 Å². The van der Waals surface area contributed by atoms with Crippen molar-refractivity contribution in [2.75, 3.05) is 5.32 Å². The molecule has 1 N–H and O–H groups in total. The predicted octanol–water partition coefficient (Wildman–Crippen LogP) is 4.59. The predicted molar refractivity (Wildman–Crippen MR) is 106 cm³/mol. The highest BCUT2D eigenvalue weighted by Crippen LogP contribution is 2.21. The molecule has 1 aromatic heterocycles. The van der Waals surface area contributed by atoms with E-state index in [9.17, 15) is 4.79 Å². The summed E-state index contributed by atoms with van der Waals surface area (Å²) in [6.07, 6.45) is 0.919. The first-order chi connectivity index (χ1) is 13.0. The summed E-state index contributed by atoms with van der Waals surface area (Å²) in [5.74, 6) is -0.156. The molecule has 0 aliphatic carbocycles. The second kappa shape index (κ2) is 8.07. The standard InChI is InChI=1S/C21H19ClN4O/c1-14-11-15(2)26(25-14)19-8-3-16(4-9-19)5-10-21(27)24-20-12-18(22)7-6-17(20)13-23/h3-4,6-9,11-12H,5,10H2,1-2H3,(H,24,27). The molecule has 0 spiro atoms. The van der Waals surface area contributed by atoms with Gasteiger partial charge in [-0.15, -0.1) is 0 Å². The Hall–Kier alpha value is -3.10. The Labute approximate surface area is 163 Å². The van der Waals surface area contributed by atoms with E-state index < -0.39 is 0 Å². The Morgan fingerprint density at radius 3 is 2.56 bits per heavy atom. The molecular formula is C21H19ClN4O. The van der Waals surface area contributed by atoms with Crippen molar-refractivity contribution in [2.24, 2.45) is 0 Å². The first-order valence-corrected chi connectivity index (χ1v) is 8.96. The van der Waals surface area contributed by atoms with Crippen molar-refractivity contribution in [3.63, 3.8) is 0 Å². The number of nitrogens with one attached hydrogen (secondary N) is 1. The van der Waals surface area contributed by atoms with E-state index in [1.165, 1.54) is 0 Å². The first kappa shape index (κ1) is 18.7. The summed E-state index contributed by atoms with van der Waals surface area (Å²) in [5, 5.41) is 16.8. The molecule has 27 heavy (non-hydrogen) atoms. The second-order valence-corrected chi connectivity index (χ2v) is 6.79. The number of rotatable bonds is 5. The molecule has 0 radical (unpaired) electrons. The van der Waals surface area contributed by atoms with Gasteiger partial charge in [0.2, 0.25) is 5.91 Å². The molecule has 5 nitrogen and oxygen atoms in total. The minimum absolute atomic E-state index is 0.156. The van der Waals surface area contributed by atoms with E-state index in [2.05, 4.69) is 10.4 Å². The van der Waals surface area contributed by atoms with E-state index in [1.54, 1.807) is 18.2 Å². The Kier molecular flexibility index (Phi) is 5.58. The fourth-order valence-corrected chi connectivity index (χ4v) is 3.05. The number of carbonyl (C=O) groups excluding carboxylic acids is 1. The van der Waals surface area contributed by atoms with Crippen LogP contribution in [0.5, 0.6) is 0 Å². The molecule has 1 heterocycles. The quantitative estimate of drug-likeness (QED) is 0.706. The minimum Gasteiger partial charge on any atom is -0.325 e. The summed E-state index contributed by atoms with van der Waals surface area (Å²) in [5.41, 5.74) is 4.94. The number of nitrogens with zero attached hydrogens (tertiary/aromatic N) is 3. The fraction of sp³-hybridized carbons (Fsp3) is 0.190. The topological polar surface area (TPSA) is 70.7 Å². The molecule has 0 unspecified atom stereocenters. The van der Waals surface area contributed by atoms with Crippen LogP contribution in [0, 0.1) is 25.2 Å². The Morgan fingerprint density at radius 2 is 1.93 bits per heavy atom. The van der Waals surface area contributed by atoms with Gasteiger partial charge in [-0.25, -0.2) is 4.68 Å². The van der Waals surface area contributed by atoms with Crippen LogP contribution in [0.15, 0.2) is 48.5 Å². The third-order valence-electron chi connectivity index (χ3n) is 4.21. The maximum atomic E-state index is 12.2. The Morgan fingerprint density at radius 1 is 1.19 bits per heavy atom. The van der Waals surface area contributed by atoms with Crippen molar-refractivity contribution in [3.05, 3.63) is 76.1 Å². The second-order valence-electron chi connectivity index (χ2n) is 6.36. The van der Waals surface area contributed by atoms with Gasteiger partial charge in [0.25, 0.3) is 0 Å². The van der Waals surface area contributed by atoms with Gasteiger partial charge in [0.15, 0.2) is 0 Å². The summed E-state index contributed by atoms with van der Waals surface area (Å²) in [6.45, 7) is 3.98. The van der Waals surface area contributed by atoms with E-state index in [-0.39, 0.29) is 5.91 Å². The monoisotopic (exact) mass is 378 g/mol. The van der Waals surface area contributed by atoms with Gasteiger partial charge in [0.1, 0.15) is 6.07 Å². The summed E-state index contributed by atoms with van der Waals surface area (Å²) in [7, 11) is 0. The van der Waals surface area contributed by atoms with E-state index >= 15 is 0 Å². The highest BCUT2D eigenvalue weighted by Gasteiger charge is 2.09. The maximum absolute atomic E-state index is 12.2. The van der Waals surface area contributed by atoms with Crippen molar-refractivity contribution >= 4 is 23.2 Å². The van der Waals surface area contributed by atoms with Gasteiger partial charge in [-0.3, -0.25) is 4.79 Å². The van der Waals surface area contributed by atoms with Gasteiger partial charge in [0.05, 0.1) is 22.6 Å². The van der Waals surface area contributed by atoms with Gasteiger partial charge in [0, 0.05) is 17.1 Å². The normalized spacial score (nSPS) is 10.4. The van der Waals surface area contributed by atoms with Crippen molar-refractivity contribution in [3.8, 4) is 11.8 Å². The molecule has 3 rings (SSSR count). The number of benzene rings is 2. The van der Waals surface area contributed by atoms with E-state index in [0.29, 0.717) is 29.1 Å². The molecule has 0 atom stereocenters. The lowest BCUT2D eigenvalue weighted by Crippen LogP contribution is -2.13. The molecule has 136 valence electrons. The van der Waals surface area contributed by atoms with Crippen LogP contribution < -0.4 is 5.32 Å². The van der Waals surface area contributed by atoms with Crippen LogP contribution in [0.1, 0.15) is 28.9 Å². The molecule has 0 aliphatic rings. The minimum atomic E-state index is -0.156. The fourth-order valence-electron chi connectivity index (χ4n) is 2.88. The largest absolute Gasteiger partial charge is 0.325 e. The summed E-state index contributed by atoms with van der Waals surface area (Å²) in [4.78, 5) is 12.2. The molecule has 1 amide bonds. The molecule has 6 heteroatoms. The van der Waals surface area contributed by atoms with Crippen LogP contribution in [-0.4, -0.2) is 15.7 Å². The third-order valence-corrected chi connectivity index (χ3v) is 4.44. The number of anilines is 1. The number of amides is 1. The summed E-state index contributed by atoms with van der Waals surface area (Å²) >= 11 is 5.94. The molecule has 2 aromatic carbocycles. The Bertz CT molecular complexity index is 1020. The zero-order valence-corrected chi connectivity index (χ0v) is 15.9. The molecule has 0 fully saturated rings. The van der Waals surface area contributed by atoms with E-state index in [0.717, 1.165) is 22.6 Å². The zero-order chi connectivity index (χ0) is 19.4.